The number of nitrogens with one attached hydrogen (secondary N) is 1. The summed E-state index contributed by atoms with van der Waals surface area (Å²) >= 11 is 0. The van der Waals surface area contributed by atoms with Crippen molar-refractivity contribution >= 4 is 30.3 Å². The first-order chi connectivity index (χ1) is 16.9. The number of ether oxygens (including phenoxy) is 7. The molecule has 0 aliphatic heterocycles. The van der Waals surface area contributed by atoms with Gasteiger partial charge in [0.2, 0.25) is 0 Å². The highest BCUT2D eigenvalue weighted by molar-refractivity contribution is 5.90. The normalized spacial score (nSPS) is 24.0. The van der Waals surface area contributed by atoms with Crippen molar-refractivity contribution in [3.63, 3.8) is 0 Å². The minimum Gasteiger partial charge on any atom is -0.462 e. The van der Waals surface area contributed by atoms with Crippen molar-refractivity contribution in [2.45, 2.75) is 58.6 Å². The minimum atomic E-state index is -1.51. The molecule has 13 heteroatoms. The zero-order valence-corrected chi connectivity index (χ0v) is 21.3. The Hall–Kier alpha value is -3.25. The van der Waals surface area contributed by atoms with Crippen LogP contribution in [0.15, 0.2) is 0 Å². The van der Waals surface area contributed by atoms with Crippen molar-refractivity contribution in [3.8, 4) is 0 Å². The lowest BCUT2D eigenvalue weighted by Crippen LogP contribution is -2.57. The van der Waals surface area contributed by atoms with Crippen LogP contribution in [0.2, 0.25) is 0 Å². The first-order valence-electron chi connectivity index (χ1n) is 11.9. The highest BCUT2D eigenvalue weighted by Crippen LogP contribution is 2.63. The molecule has 0 aromatic heterocycles. The van der Waals surface area contributed by atoms with E-state index < -0.39 is 53.3 Å². The van der Waals surface area contributed by atoms with Gasteiger partial charge in [-0.2, -0.15) is 0 Å². The summed E-state index contributed by atoms with van der Waals surface area (Å²) < 4.78 is 34.6. The standard InChI is InChI=1S/C23H35NO12/c1-6-30-20(28)34-12-10-32-17(25)15-14-8-9-23(16(14)15,24-19(27)36-22(3,4)5)18(26)33-11-13-35-21(29)31-7-2/h14-16H,6-13H2,1-5H3,(H,24,27)/t14-,15-,16-,23-/m0/s1. The summed E-state index contributed by atoms with van der Waals surface area (Å²) in [6.07, 6.45) is -1.90. The van der Waals surface area contributed by atoms with E-state index in [2.05, 4.69) is 14.8 Å². The number of alkyl carbamates (subject to hydrolysis) is 1. The fourth-order valence-corrected chi connectivity index (χ4v) is 4.28. The van der Waals surface area contributed by atoms with E-state index in [0.29, 0.717) is 6.42 Å². The molecule has 4 atom stereocenters. The van der Waals surface area contributed by atoms with E-state index in [1.165, 1.54) is 0 Å². The molecule has 0 radical (unpaired) electrons. The van der Waals surface area contributed by atoms with Gasteiger partial charge in [-0.05, 0) is 53.4 Å². The summed E-state index contributed by atoms with van der Waals surface area (Å²) in [7, 11) is 0. The molecule has 2 aliphatic carbocycles. The lowest BCUT2D eigenvalue weighted by molar-refractivity contribution is -0.155. The number of amides is 1. The Morgan fingerprint density at radius 3 is 1.86 bits per heavy atom. The van der Waals surface area contributed by atoms with Crippen molar-refractivity contribution in [3.05, 3.63) is 0 Å². The second-order valence-corrected chi connectivity index (χ2v) is 9.22. The van der Waals surface area contributed by atoms with Gasteiger partial charge in [0.15, 0.2) is 0 Å². The van der Waals surface area contributed by atoms with Gasteiger partial charge in [-0.25, -0.2) is 19.2 Å². The van der Waals surface area contributed by atoms with Gasteiger partial charge in [-0.1, -0.05) is 0 Å². The second-order valence-electron chi connectivity index (χ2n) is 9.22. The molecule has 36 heavy (non-hydrogen) atoms. The van der Waals surface area contributed by atoms with Crippen molar-refractivity contribution in [2.24, 2.45) is 17.8 Å². The molecule has 2 fully saturated rings. The number of carbonyl (C=O) groups is 5. The Bertz CT molecular complexity index is 822. The van der Waals surface area contributed by atoms with Crippen molar-refractivity contribution in [2.75, 3.05) is 39.6 Å². The average Bonchev–Trinajstić information content (AvgIpc) is 3.40. The Morgan fingerprint density at radius 1 is 0.806 bits per heavy atom. The number of carbonyl (C=O) groups excluding carboxylic acids is 5. The van der Waals surface area contributed by atoms with Crippen LogP contribution < -0.4 is 5.32 Å². The Balaban J connectivity index is 2.00. The molecule has 0 aromatic rings. The lowest BCUT2D eigenvalue weighted by Gasteiger charge is -2.32. The molecule has 0 unspecified atom stereocenters. The number of hydrogen-bond donors (Lipinski definition) is 1. The molecule has 204 valence electrons. The second kappa shape index (κ2) is 12.6. The van der Waals surface area contributed by atoms with Gasteiger partial charge < -0.3 is 38.5 Å². The van der Waals surface area contributed by atoms with Crippen LogP contribution in [0.5, 0.6) is 0 Å². The molecular formula is C23H35NO12. The van der Waals surface area contributed by atoms with E-state index in [4.69, 9.17) is 23.7 Å². The van der Waals surface area contributed by atoms with Gasteiger partial charge >= 0.3 is 30.3 Å². The zero-order valence-electron chi connectivity index (χ0n) is 21.3. The largest absolute Gasteiger partial charge is 0.508 e. The molecule has 0 aromatic carbocycles. The van der Waals surface area contributed by atoms with E-state index in [-0.39, 0.29) is 52.0 Å². The van der Waals surface area contributed by atoms with Crippen molar-refractivity contribution < 1.29 is 57.1 Å². The van der Waals surface area contributed by atoms with Crippen LogP contribution >= 0.6 is 0 Å². The summed E-state index contributed by atoms with van der Waals surface area (Å²) in [6.45, 7) is 7.69. The summed E-state index contributed by atoms with van der Waals surface area (Å²) in [4.78, 5) is 60.9. The first kappa shape index (κ1) is 29.0. The van der Waals surface area contributed by atoms with Crippen molar-refractivity contribution in [1.82, 2.24) is 5.32 Å². The topological polar surface area (TPSA) is 162 Å². The minimum absolute atomic E-state index is 0.136. The van der Waals surface area contributed by atoms with Gasteiger partial charge in [0, 0.05) is 5.92 Å². The lowest BCUT2D eigenvalue weighted by atomic mass is 9.90. The molecule has 1 N–H and O–H groups in total. The van der Waals surface area contributed by atoms with Crippen LogP contribution in [0.25, 0.3) is 0 Å². The van der Waals surface area contributed by atoms with E-state index >= 15 is 0 Å². The van der Waals surface area contributed by atoms with Crippen LogP contribution in [0.3, 0.4) is 0 Å². The molecule has 0 saturated heterocycles. The maximum Gasteiger partial charge on any atom is 0.508 e. The third kappa shape index (κ3) is 7.89. The third-order valence-corrected chi connectivity index (χ3v) is 5.58. The summed E-state index contributed by atoms with van der Waals surface area (Å²) in [5.41, 5.74) is -2.33. The van der Waals surface area contributed by atoms with Crippen LogP contribution in [-0.4, -0.2) is 81.1 Å². The number of rotatable bonds is 11. The van der Waals surface area contributed by atoms with Gasteiger partial charge in [0.1, 0.15) is 37.6 Å². The molecular weight excluding hydrogens is 482 g/mol. The molecule has 2 rings (SSSR count). The summed E-state index contributed by atoms with van der Waals surface area (Å²) in [5, 5.41) is 2.63. The monoisotopic (exact) mass is 517 g/mol. The smallest absolute Gasteiger partial charge is 0.462 e. The number of hydrogen-bond acceptors (Lipinski definition) is 12. The average molecular weight is 518 g/mol. The Kier molecular flexibility index (Phi) is 10.2. The Morgan fingerprint density at radius 2 is 1.33 bits per heavy atom. The predicted octanol–water partition coefficient (Wildman–Crippen LogP) is 2.34. The van der Waals surface area contributed by atoms with Crippen LogP contribution in [-0.2, 0) is 42.7 Å². The van der Waals surface area contributed by atoms with Gasteiger partial charge in [0.25, 0.3) is 0 Å². The highest BCUT2D eigenvalue weighted by Gasteiger charge is 2.72. The van der Waals surface area contributed by atoms with Crippen molar-refractivity contribution in [1.29, 1.82) is 0 Å². The first-order valence-corrected chi connectivity index (χ1v) is 11.9. The van der Waals surface area contributed by atoms with E-state index in [1.807, 2.05) is 0 Å². The van der Waals surface area contributed by atoms with Gasteiger partial charge in [-0.15, -0.1) is 0 Å². The van der Waals surface area contributed by atoms with Gasteiger partial charge in [-0.3, -0.25) is 4.79 Å². The van der Waals surface area contributed by atoms with E-state index in [1.54, 1.807) is 34.6 Å². The molecule has 2 aliphatic rings. The molecule has 0 bridgehead atoms. The van der Waals surface area contributed by atoms with E-state index in [9.17, 15) is 24.0 Å². The van der Waals surface area contributed by atoms with Gasteiger partial charge in [0.05, 0.1) is 19.1 Å². The Labute approximate surface area is 209 Å². The highest BCUT2D eigenvalue weighted by atomic mass is 16.7. The third-order valence-electron chi connectivity index (χ3n) is 5.58. The molecule has 0 heterocycles. The summed E-state index contributed by atoms with van der Waals surface area (Å²) in [6, 6.07) is 0. The fraction of sp³-hybridized carbons (Fsp3) is 0.783. The maximum atomic E-state index is 13.2. The number of fused-ring (bicyclic) bond motifs is 1. The van der Waals surface area contributed by atoms with Crippen LogP contribution in [0, 0.1) is 17.8 Å². The molecule has 13 nitrogen and oxygen atoms in total. The summed E-state index contributed by atoms with van der Waals surface area (Å²) in [5.74, 6) is -2.77. The maximum absolute atomic E-state index is 13.2. The molecule has 0 spiro atoms. The molecule has 1 amide bonds. The van der Waals surface area contributed by atoms with Crippen LogP contribution in [0.4, 0.5) is 14.4 Å². The van der Waals surface area contributed by atoms with Crippen LogP contribution in [0.1, 0.15) is 47.5 Å². The zero-order chi connectivity index (χ0) is 26.9. The molecule has 2 saturated carbocycles. The van der Waals surface area contributed by atoms with E-state index in [0.717, 1.165) is 0 Å². The SMILES string of the molecule is CCOC(=O)OCCOC(=O)[C@H]1[C@@H]2CC[C@@](NC(=O)OC(C)(C)C)(C(=O)OCCOC(=O)OCC)[C@@H]21. The quantitative estimate of drug-likeness (QED) is 0.242. The predicted molar refractivity (Wildman–Crippen MR) is 120 cm³/mol. The fourth-order valence-electron chi connectivity index (χ4n) is 4.28. The number of esters is 2.